The van der Waals surface area contributed by atoms with Crippen LogP contribution in [0.5, 0.6) is 5.75 Å². The summed E-state index contributed by atoms with van der Waals surface area (Å²) >= 11 is 1.16. The number of benzene rings is 2. The summed E-state index contributed by atoms with van der Waals surface area (Å²) in [7, 11) is 0. The van der Waals surface area contributed by atoms with Gasteiger partial charge in [-0.05, 0) is 11.6 Å². The van der Waals surface area contributed by atoms with E-state index in [1.807, 2.05) is 54.6 Å². The summed E-state index contributed by atoms with van der Waals surface area (Å²) in [6.07, 6.45) is -0.237. The fraction of sp³-hybridized carbons (Fsp3) is 0.263. The minimum absolute atomic E-state index is 0.0559. The van der Waals surface area contributed by atoms with Gasteiger partial charge in [0.25, 0.3) is 5.24 Å². The van der Waals surface area contributed by atoms with Crippen LogP contribution in [0.3, 0.4) is 0 Å². The minimum Gasteiger partial charge on any atom is -0.484 e. The average molecular weight is 354 g/mol. The molecular formula is C19H18N2O3S. The molecule has 0 aliphatic carbocycles. The molecule has 2 aliphatic rings. The number of fused-ring (bicyclic) bond motifs is 1. The Hall–Kier alpha value is -2.47. The Balaban J connectivity index is 1.65. The third kappa shape index (κ3) is 3.35. The lowest BCUT2D eigenvalue weighted by molar-refractivity contribution is -0.134. The number of nitrogens with zero attached hydrogens (tertiary/aromatic N) is 1. The minimum atomic E-state index is -0.459. The number of amides is 2. The molecule has 2 aromatic carbocycles. The van der Waals surface area contributed by atoms with Crippen molar-refractivity contribution in [1.29, 1.82) is 0 Å². The first kappa shape index (κ1) is 16.0. The van der Waals surface area contributed by atoms with Gasteiger partial charge in [0, 0.05) is 17.9 Å². The summed E-state index contributed by atoms with van der Waals surface area (Å²) in [6, 6.07) is 17.2. The third-order valence-electron chi connectivity index (χ3n) is 4.44. The molecule has 2 aromatic rings. The Bertz CT molecular complexity index is 796. The molecule has 1 fully saturated rings. The molecule has 2 atom stereocenters. The van der Waals surface area contributed by atoms with Crippen LogP contribution in [0.15, 0.2) is 54.6 Å². The lowest BCUT2D eigenvalue weighted by Gasteiger charge is -2.26. The van der Waals surface area contributed by atoms with Crippen LogP contribution in [-0.2, 0) is 11.3 Å². The first-order valence-electron chi connectivity index (χ1n) is 8.22. The summed E-state index contributed by atoms with van der Waals surface area (Å²) in [5.74, 6) is 1.23. The second-order valence-corrected chi connectivity index (χ2v) is 7.13. The fourth-order valence-electron chi connectivity index (χ4n) is 3.16. The van der Waals surface area contributed by atoms with Crippen LogP contribution >= 0.6 is 11.8 Å². The van der Waals surface area contributed by atoms with E-state index >= 15 is 0 Å². The number of hydrogen-bond donors (Lipinski definition) is 1. The molecule has 1 unspecified atom stereocenters. The predicted molar refractivity (Wildman–Crippen MR) is 96.4 cm³/mol. The van der Waals surface area contributed by atoms with Gasteiger partial charge in [-0.15, -0.1) is 0 Å². The van der Waals surface area contributed by atoms with Crippen molar-refractivity contribution in [2.75, 3.05) is 12.3 Å². The predicted octanol–water partition coefficient (Wildman–Crippen LogP) is 2.97. The number of carbonyl (C=O) groups excluding carboxylic acids is 2. The molecule has 4 rings (SSSR count). The van der Waals surface area contributed by atoms with Crippen molar-refractivity contribution in [3.05, 3.63) is 65.7 Å². The van der Waals surface area contributed by atoms with Crippen LogP contribution in [0.25, 0.3) is 0 Å². The van der Waals surface area contributed by atoms with Gasteiger partial charge < -0.3 is 15.0 Å². The largest absolute Gasteiger partial charge is 0.484 e. The Labute approximate surface area is 150 Å². The standard InChI is InChI=1S/C19H18N2O3S/c22-18(15-12-25-19(23)20-15)21-10-14-8-4-5-9-16(14)24-17(11-21)13-6-2-1-3-7-13/h1-9,15,17H,10-12H2,(H,20,23)/t15-,17?/m0/s1. The van der Waals surface area contributed by atoms with Crippen molar-refractivity contribution < 1.29 is 14.3 Å². The molecule has 0 saturated carbocycles. The first-order valence-corrected chi connectivity index (χ1v) is 9.21. The second kappa shape index (κ2) is 6.80. The number of thioether (sulfide) groups is 1. The molecule has 6 heteroatoms. The highest BCUT2D eigenvalue weighted by molar-refractivity contribution is 8.14. The summed E-state index contributed by atoms with van der Waals surface area (Å²) in [5, 5.41) is 2.61. The zero-order chi connectivity index (χ0) is 17.2. The SMILES string of the molecule is O=C1N[C@H](C(=O)N2Cc3ccccc3OC(c3ccccc3)C2)CS1. The molecule has 0 spiro atoms. The van der Waals surface area contributed by atoms with Gasteiger partial charge in [-0.2, -0.15) is 0 Å². The second-order valence-electron chi connectivity index (χ2n) is 6.14. The third-order valence-corrected chi connectivity index (χ3v) is 5.32. The van der Waals surface area contributed by atoms with E-state index < -0.39 is 6.04 Å². The first-order chi connectivity index (χ1) is 12.2. The Morgan fingerprint density at radius 1 is 1.12 bits per heavy atom. The number of nitrogens with one attached hydrogen (secondary N) is 1. The zero-order valence-corrected chi connectivity index (χ0v) is 14.4. The number of hydrogen-bond acceptors (Lipinski definition) is 4. The van der Waals surface area contributed by atoms with E-state index in [9.17, 15) is 9.59 Å². The van der Waals surface area contributed by atoms with Gasteiger partial charge in [-0.1, -0.05) is 60.3 Å². The zero-order valence-electron chi connectivity index (χ0n) is 13.6. The van der Waals surface area contributed by atoms with Crippen LogP contribution in [-0.4, -0.2) is 34.4 Å². The highest BCUT2D eigenvalue weighted by atomic mass is 32.2. The Morgan fingerprint density at radius 2 is 1.88 bits per heavy atom. The van der Waals surface area contributed by atoms with E-state index in [2.05, 4.69) is 5.32 Å². The smallest absolute Gasteiger partial charge is 0.279 e. The molecule has 25 heavy (non-hydrogen) atoms. The van der Waals surface area contributed by atoms with Crippen molar-refractivity contribution in [3.8, 4) is 5.75 Å². The van der Waals surface area contributed by atoms with Gasteiger partial charge >= 0.3 is 0 Å². The molecule has 2 amide bonds. The van der Waals surface area contributed by atoms with Crippen LogP contribution < -0.4 is 10.1 Å². The number of ether oxygens (including phenoxy) is 1. The monoisotopic (exact) mass is 354 g/mol. The highest BCUT2D eigenvalue weighted by Crippen LogP contribution is 2.31. The molecule has 0 radical (unpaired) electrons. The van der Waals surface area contributed by atoms with Gasteiger partial charge in [0.2, 0.25) is 5.91 Å². The van der Waals surface area contributed by atoms with Crippen molar-refractivity contribution >= 4 is 22.9 Å². The lowest BCUT2D eigenvalue weighted by Crippen LogP contribution is -2.46. The van der Waals surface area contributed by atoms with Gasteiger partial charge in [0.1, 0.15) is 17.9 Å². The van der Waals surface area contributed by atoms with Crippen LogP contribution in [0, 0.1) is 0 Å². The summed E-state index contributed by atoms with van der Waals surface area (Å²) < 4.78 is 6.22. The molecule has 1 saturated heterocycles. The van der Waals surface area contributed by atoms with Crippen molar-refractivity contribution in [2.45, 2.75) is 18.7 Å². The normalized spacial score (nSPS) is 22.6. The molecule has 128 valence electrons. The molecule has 5 nitrogen and oxygen atoms in total. The van der Waals surface area contributed by atoms with Gasteiger partial charge in [0.15, 0.2) is 0 Å². The van der Waals surface area contributed by atoms with Gasteiger partial charge in [-0.25, -0.2) is 0 Å². The maximum atomic E-state index is 12.9. The molecule has 2 heterocycles. The van der Waals surface area contributed by atoms with Crippen LogP contribution in [0.2, 0.25) is 0 Å². The van der Waals surface area contributed by atoms with Gasteiger partial charge in [-0.3, -0.25) is 9.59 Å². The summed E-state index contributed by atoms with van der Waals surface area (Å²) in [4.78, 5) is 26.2. The van der Waals surface area contributed by atoms with Crippen molar-refractivity contribution in [2.24, 2.45) is 0 Å². The van der Waals surface area contributed by atoms with Crippen LogP contribution in [0.1, 0.15) is 17.2 Å². The van der Waals surface area contributed by atoms with Crippen molar-refractivity contribution in [3.63, 3.8) is 0 Å². The van der Waals surface area contributed by atoms with E-state index in [-0.39, 0.29) is 17.3 Å². The maximum Gasteiger partial charge on any atom is 0.279 e. The molecule has 2 aliphatic heterocycles. The number of para-hydroxylation sites is 1. The van der Waals surface area contributed by atoms with E-state index in [0.29, 0.717) is 18.8 Å². The van der Waals surface area contributed by atoms with E-state index in [1.54, 1.807) is 4.90 Å². The van der Waals surface area contributed by atoms with Gasteiger partial charge in [0.05, 0.1) is 6.54 Å². The summed E-state index contributed by atoms with van der Waals surface area (Å²) in [5.41, 5.74) is 2.01. The average Bonchev–Trinajstić information content (AvgIpc) is 2.98. The number of carbonyl (C=O) groups is 2. The lowest BCUT2D eigenvalue weighted by atomic mass is 10.1. The van der Waals surface area contributed by atoms with E-state index in [0.717, 1.165) is 28.6 Å². The molecule has 0 bridgehead atoms. The summed E-state index contributed by atoms with van der Waals surface area (Å²) in [6.45, 7) is 0.934. The number of rotatable bonds is 2. The fourth-order valence-corrected chi connectivity index (χ4v) is 3.93. The maximum absolute atomic E-state index is 12.9. The Kier molecular flexibility index (Phi) is 4.36. The van der Waals surface area contributed by atoms with E-state index in [4.69, 9.17) is 4.74 Å². The Morgan fingerprint density at radius 3 is 2.64 bits per heavy atom. The highest BCUT2D eigenvalue weighted by Gasteiger charge is 2.34. The molecule has 1 N–H and O–H groups in total. The van der Waals surface area contributed by atoms with E-state index in [1.165, 1.54) is 0 Å². The molecular weight excluding hydrogens is 336 g/mol. The quantitative estimate of drug-likeness (QED) is 0.901. The van der Waals surface area contributed by atoms with Crippen molar-refractivity contribution in [1.82, 2.24) is 10.2 Å². The molecule has 0 aromatic heterocycles. The van der Waals surface area contributed by atoms with Crippen LogP contribution in [0.4, 0.5) is 4.79 Å². The topological polar surface area (TPSA) is 58.6 Å².